The lowest BCUT2D eigenvalue weighted by Gasteiger charge is -2.08. The molecule has 0 radical (unpaired) electrons. The van der Waals surface area contributed by atoms with Crippen LogP contribution in [0.15, 0.2) is 12.1 Å². The van der Waals surface area contributed by atoms with Crippen LogP contribution in [0.3, 0.4) is 0 Å². The van der Waals surface area contributed by atoms with E-state index in [-0.39, 0.29) is 18.1 Å². The number of amides is 2. The molecule has 0 aliphatic rings. The van der Waals surface area contributed by atoms with E-state index in [9.17, 15) is 9.59 Å². The van der Waals surface area contributed by atoms with Gasteiger partial charge < -0.3 is 16.0 Å². The Morgan fingerprint density at radius 3 is 2.47 bits per heavy atom. The molecule has 0 saturated carbocycles. The van der Waals surface area contributed by atoms with Crippen molar-refractivity contribution in [2.75, 3.05) is 25.5 Å². The minimum absolute atomic E-state index is 0.0684. The minimum Gasteiger partial charge on any atom is -0.372 e. The van der Waals surface area contributed by atoms with Gasteiger partial charge in [-0.05, 0) is 18.1 Å². The molecule has 1 heterocycles. The zero-order valence-electron chi connectivity index (χ0n) is 11.4. The lowest BCUT2D eigenvalue weighted by atomic mass is 10.2. The number of hydrogen-bond acceptors (Lipinski definition) is 5. The van der Waals surface area contributed by atoms with E-state index in [1.165, 1.54) is 0 Å². The molecule has 3 N–H and O–H groups in total. The third kappa shape index (κ3) is 5.33. The largest absolute Gasteiger partial charge is 0.372 e. The van der Waals surface area contributed by atoms with Gasteiger partial charge in [0.15, 0.2) is 5.69 Å². The first-order valence-electron chi connectivity index (χ1n) is 6.09. The Bertz CT molecular complexity index is 430. The Kier molecular flexibility index (Phi) is 5.72. The molecular weight excluding hydrogens is 246 g/mol. The second-order valence-electron chi connectivity index (χ2n) is 4.43. The van der Waals surface area contributed by atoms with Gasteiger partial charge in [-0.3, -0.25) is 9.59 Å². The Morgan fingerprint density at radius 2 is 1.95 bits per heavy atom. The summed E-state index contributed by atoms with van der Waals surface area (Å²) < 4.78 is 0. The Labute approximate surface area is 112 Å². The van der Waals surface area contributed by atoms with E-state index in [0.29, 0.717) is 18.3 Å². The van der Waals surface area contributed by atoms with Gasteiger partial charge in [0.1, 0.15) is 5.82 Å². The first kappa shape index (κ1) is 14.9. The summed E-state index contributed by atoms with van der Waals surface area (Å²) in [6.45, 7) is 4.52. The molecule has 0 bridgehead atoms. The number of carbonyl (C=O) groups is 2. The van der Waals surface area contributed by atoms with E-state index in [0.717, 1.165) is 0 Å². The fraction of sp³-hybridized carbons (Fsp3) is 0.500. The third-order valence-electron chi connectivity index (χ3n) is 2.27. The SMILES string of the molecule is CNc1ccc(C(=O)NCC(=O)NCC(C)C)nn1. The Hall–Kier alpha value is -2.18. The van der Waals surface area contributed by atoms with Crippen molar-refractivity contribution in [2.45, 2.75) is 13.8 Å². The van der Waals surface area contributed by atoms with Crippen molar-refractivity contribution in [3.05, 3.63) is 17.8 Å². The van der Waals surface area contributed by atoms with Crippen LogP contribution in [0.4, 0.5) is 5.82 Å². The molecule has 0 atom stereocenters. The molecule has 0 aromatic carbocycles. The van der Waals surface area contributed by atoms with Crippen LogP contribution >= 0.6 is 0 Å². The summed E-state index contributed by atoms with van der Waals surface area (Å²) in [6.07, 6.45) is 0. The van der Waals surface area contributed by atoms with Crippen molar-refractivity contribution >= 4 is 17.6 Å². The zero-order valence-corrected chi connectivity index (χ0v) is 11.4. The normalized spacial score (nSPS) is 10.1. The lowest BCUT2D eigenvalue weighted by molar-refractivity contribution is -0.120. The van der Waals surface area contributed by atoms with Crippen LogP contribution in [-0.2, 0) is 4.79 Å². The molecule has 0 spiro atoms. The number of carbonyl (C=O) groups excluding carboxylic acids is 2. The van der Waals surface area contributed by atoms with E-state index in [1.807, 2.05) is 13.8 Å². The van der Waals surface area contributed by atoms with Gasteiger partial charge in [0.25, 0.3) is 5.91 Å². The van der Waals surface area contributed by atoms with Crippen LogP contribution < -0.4 is 16.0 Å². The molecule has 1 aromatic rings. The van der Waals surface area contributed by atoms with E-state index in [2.05, 4.69) is 26.1 Å². The molecule has 0 aliphatic heterocycles. The summed E-state index contributed by atoms with van der Waals surface area (Å²) in [5, 5.41) is 15.5. The number of hydrogen-bond donors (Lipinski definition) is 3. The molecule has 0 aliphatic carbocycles. The molecule has 2 amide bonds. The quantitative estimate of drug-likeness (QED) is 0.674. The predicted octanol–water partition coefficient (Wildman–Crippen LogP) is 0.0203. The summed E-state index contributed by atoms with van der Waals surface area (Å²) in [6, 6.07) is 3.18. The van der Waals surface area contributed by atoms with Gasteiger partial charge in [0, 0.05) is 13.6 Å². The second kappa shape index (κ2) is 7.30. The van der Waals surface area contributed by atoms with Gasteiger partial charge in [-0.2, -0.15) is 0 Å². The highest BCUT2D eigenvalue weighted by Crippen LogP contribution is 2.00. The Balaban J connectivity index is 2.40. The number of nitrogens with zero attached hydrogens (tertiary/aromatic N) is 2. The minimum atomic E-state index is -0.421. The van der Waals surface area contributed by atoms with E-state index >= 15 is 0 Å². The van der Waals surface area contributed by atoms with Crippen LogP contribution in [0.2, 0.25) is 0 Å². The van der Waals surface area contributed by atoms with Gasteiger partial charge in [0.05, 0.1) is 6.54 Å². The van der Waals surface area contributed by atoms with Crippen molar-refractivity contribution in [3.63, 3.8) is 0 Å². The van der Waals surface area contributed by atoms with Crippen LogP contribution in [0.1, 0.15) is 24.3 Å². The maximum Gasteiger partial charge on any atom is 0.272 e. The smallest absolute Gasteiger partial charge is 0.272 e. The molecule has 104 valence electrons. The van der Waals surface area contributed by atoms with Gasteiger partial charge in [-0.1, -0.05) is 13.8 Å². The molecule has 0 unspecified atom stereocenters. The Morgan fingerprint density at radius 1 is 1.21 bits per heavy atom. The monoisotopic (exact) mass is 265 g/mol. The van der Waals surface area contributed by atoms with Crippen LogP contribution in [-0.4, -0.2) is 42.1 Å². The lowest BCUT2D eigenvalue weighted by Crippen LogP contribution is -2.38. The average Bonchev–Trinajstić information content (AvgIpc) is 2.42. The van der Waals surface area contributed by atoms with Gasteiger partial charge in [-0.25, -0.2) is 0 Å². The van der Waals surface area contributed by atoms with E-state index in [1.54, 1.807) is 19.2 Å². The van der Waals surface area contributed by atoms with Crippen LogP contribution in [0.5, 0.6) is 0 Å². The molecule has 1 aromatic heterocycles. The summed E-state index contributed by atoms with van der Waals surface area (Å²) >= 11 is 0. The number of anilines is 1. The van der Waals surface area contributed by atoms with Gasteiger partial charge >= 0.3 is 0 Å². The van der Waals surface area contributed by atoms with Gasteiger partial charge in [0.2, 0.25) is 5.91 Å². The third-order valence-corrected chi connectivity index (χ3v) is 2.27. The first-order chi connectivity index (χ1) is 9.02. The molecule has 1 rings (SSSR count). The maximum atomic E-state index is 11.7. The summed E-state index contributed by atoms with van der Waals surface area (Å²) in [7, 11) is 1.71. The number of rotatable bonds is 6. The van der Waals surface area contributed by atoms with Crippen molar-refractivity contribution in [2.24, 2.45) is 5.92 Å². The highest BCUT2D eigenvalue weighted by molar-refractivity contribution is 5.94. The standard InChI is InChI=1S/C12H19N5O2/c1-8(2)6-14-11(18)7-15-12(19)9-4-5-10(13-3)17-16-9/h4-5,8H,6-7H2,1-3H3,(H,13,17)(H,14,18)(H,15,19). The van der Waals surface area contributed by atoms with Gasteiger partial charge in [-0.15, -0.1) is 10.2 Å². The molecule has 0 fully saturated rings. The van der Waals surface area contributed by atoms with Crippen LogP contribution in [0, 0.1) is 5.92 Å². The summed E-state index contributed by atoms with van der Waals surface area (Å²) in [5.74, 6) is 0.308. The molecule has 19 heavy (non-hydrogen) atoms. The average molecular weight is 265 g/mol. The highest BCUT2D eigenvalue weighted by Gasteiger charge is 2.10. The second-order valence-corrected chi connectivity index (χ2v) is 4.43. The predicted molar refractivity (Wildman–Crippen MR) is 71.8 cm³/mol. The maximum absolute atomic E-state index is 11.7. The fourth-order valence-electron chi connectivity index (χ4n) is 1.22. The fourth-order valence-corrected chi connectivity index (χ4v) is 1.22. The summed E-state index contributed by atoms with van der Waals surface area (Å²) in [5.41, 5.74) is 0.177. The van der Waals surface area contributed by atoms with E-state index < -0.39 is 5.91 Å². The summed E-state index contributed by atoms with van der Waals surface area (Å²) in [4.78, 5) is 23.1. The highest BCUT2D eigenvalue weighted by atomic mass is 16.2. The number of aromatic nitrogens is 2. The van der Waals surface area contributed by atoms with Crippen molar-refractivity contribution in [3.8, 4) is 0 Å². The first-order valence-corrected chi connectivity index (χ1v) is 6.09. The van der Waals surface area contributed by atoms with Crippen molar-refractivity contribution in [1.82, 2.24) is 20.8 Å². The van der Waals surface area contributed by atoms with Crippen LogP contribution in [0.25, 0.3) is 0 Å². The zero-order chi connectivity index (χ0) is 14.3. The molecular formula is C12H19N5O2. The van der Waals surface area contributed by atoms with Crippen molar-refractivity contribution in [1.29, 1.82) is 0 Å². The molecule has 0 saturated heterocycles. The van der Waals surface area contributed by atoms with Crippen molar-refractivity contribution < 1.29 is 9.59 Å². The topological polar surface area (TPSA) is 96.0 Å². The number of nitrogens with one attached hydrogen (secondary N) is 3. The van der Waals surface area contributed by atoms with E-state index in [4.69, 9.17) is 0 Å². The molecule has 7 nitrogen and oxygen atoms in total. The molecule has 7 heteroatoms.